The normalized spacial score (nSPS) is 10.9. The van der Waals surface area contributed by atoms with Crippen molar-refractivity contribution in [2.24, 2.45) is 0 Å². The highest BCUT2D eigenvalue weighted by Gasteiger charge is 2.26. The van der Waals surface area contributed by atoms with E-state index in [0.717, 1.165) is 11.1 Å². The summed E-state index contributed by atoms with van der Waals surface area (Å²) in [5.74, 6) is -0.320. The summed E-state index contributed by atoms with van der Waals surface area (Å²) in [7, 11) is 0. The van der Waals surface area contributed by atoms with Crippen molar-refractivity contribution >= 4 is 12.0 Å². The predicted octanol–water partition coefficient (Wildman–Crippen LogP) is 4.42. The van der Waals surface area contributed by atoms with Crippen LogP contribution in [0.2, 0.25) is 0 Å². The summed E-state index contributed by atoms with van der Waals surface area (Å²) in [6.45, 7) is 7.52. The maximum absolute atomic E-state index is 12.1. The molecule has 0 heterocycles. The average molecular weight is 266 g/mol. The van der Waals surface area contributed by atoms with Crippen LogP contribution in [0.25, 0.3) is 6.08 Å². The number of esters is 1. The number of ether oxygens (including phenoxy) is 1. The minimum atomic E-state index is -0.689. The van der Waals surface area contributed by atoms with E-state index in [1.165, 1.54) is 0 Å². The van der Waals surface area contributed by atoms with Gasteiger partial charge in [0, 0.05) is 0 Å². The first-order chi connectivity index (χ1) is 9.53. The smallest absolute Gasteiger partial charge is 0.338 e. The van der Waals surface area contributed by atoms with E-state index in [9.17, 15) is 4.79 Å². The average Bonchev–Trinajstić information content (AvgIpc) is 2.48. The molecule has 0 saturated heterocycles. The largest absolute Gasteiger partial charge is 0.451 e. The Kier molecular flexibility index (Phi) is 4.04. The number of carbonyl (C=O) groups is 1. The standard InChI is InChI=1S/C18H18O2/c1-4-14-9-8-12-16(13-14)18(2,3)20-17(19)15-10-6-5-7-11-15/h4-13H,1H2,2-3H3. The summed E-state index contributed by atoms with van der Waals surface area (Å²) in [4.78, 5) is 12.1. The Bertz CT molecular complexity index is 612. The molecule has 0 bridgehead atoms. The Hall–Kier alpha value is -2.35. The van der Waals surface area contributed by atoms with Crippen molar-refractivity contribution in [2.75, 3.05) is 0 Å². The van der Waals surface area contributed by atoms with Gasteiger partial charge in [0.1, 0.15) is 5.60 Å². The Morgan fingerprint density at radius 2 is 1.80 bits per heavy atom. The van der Waals surface area contributed by atoms with Gasteiger partial charge in [-0.2, -0.15) is 0 Å². The minimum absolute atomic E-state index is 0.320. The zero-order valence-corrected chi connectivity index (χ0v) is 11.8. The molecule has 0 aliphatic carbocycles. The predicted molar refractivity (Wildman–Crippen MR) is 81.4 cm³/mol. The lowest BCUT2D eigenvalue weighted by Gasteiger charge is -2.26. The molecule has 0 unspecified atom stereocenters. The van der Waals surface area contributed by atoms with Crippen LogP contribution in [-0.4, -0.2) is 5.97 Å². The van der Waals surface area contributed by atoms with Gasteiger partial charge in [-0.25, -0.2) is 4.79 Å². The second-order valence-electron chi connectivity index (χ2n) is 5.10. The summed E-state index contributed by atoms with van der Waals surface area (Å²) in [6.07, 6.45) is 1.78. The van der Waals surface area contributed by atoms with Gasteiger partial charge in [-0.05, 0) is 43.2 Å². The Morgan fingerprint density at radius 3 is 2.45 bits per heavy atom. The summed E-state index contributed by atoms with van der Waals surface area (Å²) < 4.78 is 5.64. The van der Waals surface area contributed by atoms with Gasteiger partial charge >= 0.3 is 5.97 Å². The number of benzene rings is 2. The molecule has 102 valence electrons. The second-order valence-corrected chi connectivity index (χ2v) is 5.10. The summed E-state index contributed by atoms with van der Waals surface area (Å²) >= 11 is 0. The summed E-state index contributed by atoms with van der Waals surface area (Å²) in [5, 5.41) is 0. The first-order valence-corrected chi connectivity index (χ1v) is 6.54. The summed E-state index contributed by atoms with van der Waals surface area (Å²) in [6, 6.07) is 16.8. The molecule has 0 aliphatic rings. The topological polar surface area (TPSA) is 26.3 Å². The van der Waals surface area contributed by atoms with Gasteiger partial charge in [0.15, 0.2) is 0 Å². The maximum atomic E-state index is 12.1. The van der Waals surface area contributed by atoms with E-state index in [-0.39, 0.29) is 5.97 Å². The monoisotopic (exact) mass is 266 g/mol. The van der Waals surface area contributed by atoms with Crippen LogP contribution in [0.1, 0.15) is 35.3 Å². The third kappa shape index (κ3) is 3.15. The van der Waals surface area contributed by atoms with Gasteiger partial charge in [0.25, 0.3) is 0 Å². The van der Waals surface area contributed by atoms with Crippen molar-refractivity contribution in [3.63, 3.8) is 0 Å². The fourth-order valence-electron chi connectivity index (χ4n) is 1.96. The van der Waals surface area contributed by atoms with Crippen LogP contribution in [-0.2, 0) is 10.3 Å². The Morgan fingerprint density at radius 1 is 1.10 bits per heavy atom. The van der Waals surface area contributed by atoms with Crippen LogP contribution < -0.4 is 0 Å². The molecule has 0 amide bonds. The van der Waals surface area contributed by atoms with Crippen LogP contribution in [0.5, 0.6) is 0 Å². The molecule has 0 fully saturated rings. The van der Waals surface area contributed by atoms with Crippen molar-refractivity contribution in [1.82, 2.24) is 0 Å². The molecule has 0 radical (unpaired) electrons. The molecule has 2 nitrogen and oxygen atoms in total. The zero-order chi connectivity index (χ0) is 14.6. The number of rotatable bonds is 4. The molecular weight excluding hydrogens is 248 g/mol. The lowest BCUT2D eigenvalue weighted by atomic mass is 9.96. The molecule has 0 aliphatic heterocycles. The Balaban J connectivity index is 2.22. The first-order valence-electron chi connectivity index (χ1n) is 6.54. The fraction of sp³-hybridized carbons (Fsp3) is 0.167. The maximum Gasteiger partial charge on any atom is 0.338 e. The zero-order valence-electron chi connectivity index (χ0n) is 11.8. The highest BCUT2D eigenvalue weighted by Crippen LogP contribution is 2.27. The highest BCUT2D eigenvalue weighted by atomic mass is 16.6. The third-order valence-electron chi connectivity index (χ3n) is 3.17. The Labute approximate surface area is 119 Å². The van der Waals surface area contributed by atoms with Gasteiger partial charge in [-0.3, -0.25) is 0 Å². The van der Waals surface area contributed by atoms with Gasteiger partial charge in [0.2, 0.25) is 0 Å². The van der Waals surface area contributed by atoms with Gasteiger partial charge < -0.3 is 4.74 Å². The molecule has 0 aromatic heterocycles. The molecule has 2 aromatic rings. The van der Waals surface area contributed by atoms with Crippen molar-refractivity contribution in [3.05, 3.63) is 77.9 Å². The van der Waals surface area contributed by atoms with Crippen LogP contribution in [0.3, 0.4) is 0 Å². The molecule has 2 aromatic carbocycles. The molecule has 2 heteroatoms. The van der Waals surface area contributed by atoms with E-state index in [2.05, 4.69) is 6.58 Å². The lowest BCUT2D eigenvalue weighted by Crippen LogP contribution is -2.25. The molecule has 0 spiro atoms. The molecule has 20 heavy (non-hydrogen) atoms. The fourth-order valence-corrected chi connectivity index (χ4v) is 1.96. The van der Waals surface area contributed by atoms with Crippen LogP contribution in [0.4, 0.5) is 0 Å². The lowest BCUT2D eigenvalue weighted by molar-refractivity contribution is -0.00313. The van der Waals surface area contributed by atoms with Gasteiger partial charge in [-0.15, -0.1) is 0 Å². The third-order valence-corrected chi connectivity index (χ3v) is 3.17. The molecule has 0 atom stereocenters. The van der Waals surface area contributed by atoms with Crippen LogP contribution in [0, 0.1) is 0 Å². The van der Waals surface area contributed by atoms with Crippen molar-refractivity contribution in [3.8, 4) is 0 Å². The van der Waals surface area contributed by atoms with Crippen LogP contribution in [0.15, 0.2) is 61.2 Å². The quantitative estimate of drug-likeness (QED) is 0.766. The van der Waals surface area contributed by atoms with Crippen LogP contribution >= 0.6 is 0 Å². The minimum Gasteiger partial charge on any atom is -0.451 e. The molecule has 0 saturated carbocycles. The first kappa shape index (κ1) is 14.1. The van der Waals surface area contributed by atoms with E-state index in [4.69, 9.17) is 4.74 Å². The summed E-state index contributed by atoms with van der Waals surface area (Å²) in [5.41, 5.74) is 1.82. The molecule has 0 N–H and O–H groups in total. The van der Waals surface area contributed by atoms with Gasteiger partial charge in [0.05, 0.1) is 5.56 Å². The van der Waals surface area contributed by atoms with E-state index >= 15 is 0 Å². The van der Waals surface area contributed by atoms with E-state index in [0.29, 0.717) is 5.56 Å². The number of hydrogen-bond donors (Lipinski definition) is 0. The van der Waals surface area contributed by atoms with E-state index in [1.54, 1.807) is 18.2 Å². The highest BCUT2D eigenvalue weighted by molar-refractivity contribution is 5.89. The number of hydrogen-bond acceptors (Lipinski definition) is 2. The number of carbonyl (C=O) groups excluding carboxylic acids is 1. The van der Waals surface area contributed by atoms with Crippen molar-refractivity contribution in [2.45, 2.75) is 19.4 Å². The second kappa shape index (κ2) is 5.74. The SMILES string of the molecule is C=Cc1cccc(C(C)(C)OC(=O)c2ccccc2)c1. The van der Waals surface area contributed by atoms with Crippen molar-refractivity contribution < 1.29 is 9.53 Å². The molecule has 2 rings (SSSR count). The van der Waals surface area contributed by atoms with E-state index in [1.807, 2.05) is 56.3 Å². The van der Waals surface area contributed by atoms with Crippen molar-refractivity contribution in [1.29, 1.82) is 0 Å². The molecular formula is C18H18O2. The van der Waals surface area contributed by atoms with Gasteiger partial charge in [-0.1, -0.05) is 49.1 Å². The van der Waals surface area contributed by atoms with E-state index < -0.39 is 5.60 Å².